The molecular weight excluding hydrogens is 212 g/mol. The van der Waals surface area contributed by atoms with Gasteiger partial charge in [0.2, 0.25) is 0 Å². The van der Waals surface area contributed by atoms with Gasteiger partial charge in [-0.05, 0) is 30.5 Å². The van der Waals surface area contributed by atoms with Crippen molar-refractivity contribution in [3.8, 4) is 0 Å². The van der Waals surface area contributed by atoms with Crippen molar-refractivity contribution >= 4 is 21.6 Å². The summed E-state index contributed by atoms with van der Waals surface area (Å²) in [4.78, 5) is 10.7. The molecule has 0 bridgehead atoms. The molecule has 0 atom stereocenters. The van der Waals surface area contributed by atoms with Crippen LogP contribution in [-0.2, 0) is 6.42 Å². The highest BCUT2D eigenvalue weighted by molar-refractivity contribution is 7.16. The fourth-order valence-electron chi connectivity index (χ4n) is 1.73. The molecule has 3 nitrogen and oxygen atoms in total. The SMILES string of the molecule is O=c1oc2ccc(CC3(O)CC3)cc2s1. The van der Waals surface area contributed by atoms with E-state index in [-0.39, 0.29) is 4.94 Å². The van der Waals surface area contributed by atoms with Gasteiger partial charge in [0.15, 0.2) is 0 Å². The second-order valence-electron chi connectivity index (χ2n) is 4.14. The molecule has 0 unspecified atom stereocenters. The summed E-state index contributed by atoms with van der Waals surface area (Å²) in [7, 11) is 0. The van der Waals surface area contributed by atoms with Gasteiger partial charge >= 0.3 is 4.94 Å². The van der Waals surface area contributed by atoms with Crippen LogP contribution in [0.4, 0.5) is 0 Å². The van der Waals surface area contributed by atoms with Crippen molar-refractivity contribution in [3.05, 3.63) is 33.5 Å². The molecule has 1 aliphatic rings. The molecule has 1 N–H and O–H groups in total. The fraction of sp³-hybridized carbons (Fsp3) is 0.364. The highest BCUT2D eigenvalue weighted by atomic mass is 32.1. The average Bonchev–Trinajstić information content (AvgIpc) is 2.76. The minimum atomic E-state index is -0.484. The maximum atomic E-state index is 11.0. The molecule has 0 amide bonds. The van der Waals surface area contributed by atoms with E-state index < -0.39 is 5.60 Å². The van der Waals surface area contributed by atoms with Crippen molar-refractivity contribution in [3.63, 3.8) is 0 Å². The number of benzene rings is 1. The summed E-state index contributed by atoms with van der Waals surface area (Å²) in [6.45, 7) is 0. The minimum absolute atomic E-state index is 0.271. The molecular formula is C11H10O3S. The number of hydrogen-bond acceptors (Lipinski definition) is 4. The highest BCUT2D eigenvalue weighted by Gasteiger charge is 2.40. The summed E-state index contributed by atoms with van der Waals surface area (Å²) in [6, 6.07) is 5.64. The van der Waals surface area contributed by atoms with Gasteiger partial charge < -0.3 is 9.52 Å². The zero-order valence-electron chi connectivity index (χ0n) is 8.03. The van der Waals surface area contributed by atoms with Crippen molar-refractivity contribution in [1.82, 2.24) is 0 Å². The topological polar surface area (TPSA) is 50.4 Å². The Kier molecular flexibility index (Phi) is 1.78. The Balaban J connectivity index is 2.01. The van der Waals surface area contributed by atoms with Gasteiger partial charge in [0.1, 0.15) is 5.58 Å². The molecule has 4 heteroatoms. The third kappa shape index (κ3) is 1.70. The van der Waals surface area contributed by atoms with E-state index in [9.17, 15) is 9.90 Å². The van der Waals surface area contributed by atoms with Crippen LogP contribution < -0.4 is 4.94 Å². The predicted octanol–water partition coefficient (Wildman–Crippen LogP) is 1.92. The van der Waals surface area contributed by atoms with E-state index in [2.05, 4.69) is 0 Å². The van der Waals surface area contributed by atoms with Gasteiger partial charge in [0, 0.05) is 6.42 Å². The van der Waals surface area contributed by atoms with Gasteiger partial charge in [-0.2, -0.15) is 0 Å². The fourth-order valence-corrected chi connectivity index (χ4v) is 2.46. The second kappa shape index (κ2) is 2.93. The zero-order valence-corrected chi connectivity index (χ0v) is 8.84. The quantitative estimate of drug-likeness (QED) is 0.844. The lowest BCUT2D eigenvalue weighted by atomic mass is 10.1. The van der Waals surface area contributed by atoms with E-state index in [1.807, 2.05) is 12.1 Å². The Labute approximate surface area is 90.0 Å². The van der Waals surface area contributed by atoms with Gasteiger partial charge in [0.05, 0.1) is 10.3 Å². The molecule has 1 saturated carbocycles. The summed E-state index contributed by atoms with van der Waals surface area (Å²) < 4.78 is 5.83. The Morgan fingerprint density at radius 3 is 3.00 bits per heavy atom. The van der Waals surface area contributed by atoms with Crippen LogP contribution >= 0.6 is 11.3 Å². The lowest BCUT2D eigenvalue weighted by molar-refractivity contribution is 0.151. The normalized spacial score (nSPS) is 18.2. The Hall–Kier alpha value is -1.13. The average molecular weight is 222 g/mol. The van der Waals surface area contributed by atoms with Crippen LogP contribution in [0.3, 0.4) is 0 Å². The molecule has 0 spiro atoms. The minimum Gasteiger partial charge on any atom is -0.414 e. The Bertz CT molecular complexity index is 562. The number of hydrogen-bond donors (Lipinski definition) is 1. The van der Waals surface area contributed by atoms with Gasteiger partial charge in [-0.25, -0.2) is 4.79 Å². The Morgan fingerprint density at radius 1 is 1.47 bits per heavy atom. The van der Waals surface area contributed by atoms with E-state index in [0.29, 0.717) is 12.0 Å². The van der Waals surface area contributed by atoms with Crippen molar-refractivity contribution in [2.75, 3.05) is 0 Å². The van der Waals surface area contributed by atoms with Crippen LogP contribution in [-0.4, -0.2) is 10.7 Å². The van der Waals surface area contributed by atoms with Crippen LogP contribution in [0.1, 0.15) is 18.4 Å². The molecule has 1 heterocycles. The van der Waals surface area contributed by atoms with E-state index in [4.69, 9.17) is 4.42 Å². The first-order valence-electron chi connectivity index (χ1n) is 4.90. The third-order valence-corrected chi connectivity index (χ3v) is 3.54. The van der Waals surface area contributed by atoms with Gasteiger partial charge in [-0.1, -0.05) is 17.4 Å². The summed E-state index contributed by atoms with van der Waals surface area (Å²) in [5.41, 5.74) is 1.22. The first kappa shape index (κ1) is 9.12. The molecule has 0 radical (unpaired) electrons. The number of fused-ring (bicyclic) bond motifs is 1. The first-order chi connectivity index (χ1) is 7.15. The second-order valence-corrected chi connectivity index (χ2v) is 5.11. The van der Waals surface area contributed by atoms with E-state index in [1.165, 1.54) is 0 Å². The van der Waals surface area contributed by atoms with Crippen LogP contribution in [0, 0.1) is 0 Å². The largest absolute Gasteiger partial charge is 0.414 e. The lowest BCUT2D eigenvalue weighted by Crippen LogP contribution is -2.10. The van der Waals surface area contributed by atoms with Crippen molar-refractivity contribution < 1.29 is 9.52 Å². The molecule has 1 fully saturated rings. The molecule has 15 heavy (non-hydrogen) atoms. The number of aliphatic hydroxyl groups is 1. The van der Waals surface area contributed by atoms with Gasteiger partial charge in [0.25, 0.3) is 0 Å². The number of rotatable bonds is 2. The smallest absolute Gasteiger partial charge is 0.396 e. The standard InChI is InChI=1S/C11H10O3S/c12-10-14-8-2-1-7(5-9(8)15-10)6-11(13)3-4-11/h1-2,5,13H,3-4,6H2. The first-order valence-corrected chi connectivity index (χ1v) is 5.71. The molecule has 3 rings (SSSR count). The van der Waals surface area contributed by atoms with Crippen LogP contribution in [0.5, 0.6) is 0 Å². The molecule has 0 aliphatic heterocycles. The van der Waals surface area contributed by atoms with Crippen LogP contribution in [0.2, 0.25) is 0 Å². The van der Waals surface area contributed by atoms with E-state index >= 15 is 0 Å². The molecule has 1 aromatic carbocycles. The summed E-state index contributed by atoms with van der Waals surface area (Å²) in [6.07, 6.45) is 2.44. The monoisotopic (exact) mass is 222 g/mol. The summed E-state index contributed by atoms with van der Waals surface area (Å²) in [5.74, 6) is 0. The molecule has 2 aromatic rings. The maximum Gasteiger partial charge on any atom is 0.396 e. The van der Waals surface area contributed by atoms with Crippen molar-refractivity contribution in [1.29, 1.82) is 0 Å². The van der Waals surface area contributed by atoms with Crippen molar-refractivity contribution in [2.45, 2.75) is 24.9 Å². The van der Waals surface area contributed by atoms with Gasteiger partial charge in [-0.15, -0.1) is 0 Å². The maximum absolute atomic E-state index is 11.0. The highest BCUT2D eigenvalue weighted by Crippen LogP contribution is 2.38. The molecule has 1 aliphatic carbocycles. The zero-order chi connectivity index (χ0) is 10.5. The van der Waals surface area contributed by atoms with Crippen LogP contribution in [0.15, 0.2) is 27.4 Å². The van der Waals surface area contributed by atoms with Crippen molar-refractivity contribution in [2.24, 2.45) is 0 Å². The molecule has 1 aromatic heterocycles. The van der Waals surface area contributed by atoms with Crippen LogP contribution in [0.25, 0.3) is 10.3 Å². The molecule has 0 saturated heterocycles. The van der Waals surface area contributed by atoms with E-state index in [1.54, 1.807) is 6.07 Å². The van der Waals surface area contributed by atoms with Gasteiger partial charge in [-0.3, -0.25) is 0 Å². The van der Waals surface area contributed by atoms with E-state index in [0.717, 1.165) is 34.4 Å². The third-order valence-electron chi connectivity index (χ3n) is 2.76. The molecule has 78 valence electrons. The Morgan fingerprint density at radius 2 is 2.27 bits per heavy atom. The summed E-state index contributed by atoms with van der Waals surface area (Å²) >= 11 is 1.11. The predicted molar refractivity (Wildman–Crippen MR) is 58.2 cm³/mol. The lowest BCUT2D eigenvalue weighted by Gasteiger charge is -2.06. The summed E-state index contributed by atoms with van der Waals surface area (Å²) in [5, 5.41) is 9.78.